The van der Waals surface area contributed by atoms with Gasteiger partial charge in [-0.3, -0.25) is 0 Å². The van der Waals surface area contributed by atoms with E-state index in [0.717, 1.165) is 22.3 Å². The van der Waals surface area contributed by atoms with Crippen LogP contribution in [0.15, 0.2) is 42.5 Å². The lowest BCUT2D eigenvalue weighted by molar-refractivity contribution is 0.281. The Kier molecular flexibility index (Phi) is 3.76. The normalized spacial score (nSPS) is 9.72. The van der Waals surface area contributed by atoms with Crippen LogP contribution >= 0.6 is 0 Å². The van der Waals surface area contributed by atoms with Gasteiger partial charge in [0.15, 0.2) is 0 Å². The molecule has 0 bridgehead atoms. The second kappa shape index (κ2) is 5.48. The maximum atomic E-state index is 12.7. The van der Waals surface area contributed by atoms with Crippen molar-refractivity contribution in [2.45, 2.75) is 13.5 Å². The van der Waals surface area contributed by atoms with Gasteiger partial charge >= 0.3 is 0 Å². The van der Waals surface area contributed by atoms with Gasteiger partial charge in [-0.1, -0.05) is 17.9 Å². The Hall–Kier alpha value is -2.11. The fraction of sp³-hybridized carbons (Fsp3) is 0.125. The summed E-state index contributed by atoms with van der Waals surface area (Å²) in [5, 5.41) is 9.17. The standard InChI is InChI=1S/C16H13FO/c1-12-2-3-14(10-15(12)11-18)5-4-13-6-8-16(17)9-7-13/h2-3,6-10,18H,11H2,1H3. The van der Waals surface area contributed by atoms with E-state index in [1.54, 1.807) is 12.1 Å². The molecule has 0 saturated carbocycles. The molecule has 90 valence electrons. The first-order valence-electron chi connectivity index (χ1n) is 5.67. The van der Waals surface area contributed by atoms with Crippen molar-refractivity contribution in [1.29, 1.82) is 0 Å². The van der Waals surface area contributed by atoms with Crippen LogP contribution in [-0.4, -0.2) is 5.11 Å². The van der Waals surface area contributed by atoms with Crippen LogP contribution in [0.1, 0.15) is 22.3 Å². The summed E-state index contributed by atoms with van der Waals surface area (Å²) in [6.07, 6.45) is 0. The van der Waals surface area contributed by atoms with E-state index < -0.39 is 0 Å². The molecule has 18 heavy (non-hydrogen) atoms. The first kappa shape index (κ1) is 12.3. The number of hydrogen-bond donors (Lipinski definition) is 1. The van der Waals surface area contributed by atoms with E-state index in [0.29, 0.717) is 0 Å². The van der Waals surface area contributed by atoms with E-state index in [1.807, 2.05) is 25.1 Å². The average Bonchev–Trinajstić information content (AvgIpc) is 2.39. The summed E-state index contributed by atoms with van der Waals surface area (Å²) in [7, 11) is 0. The number of aliphatic hydroxyl groups excluding tert-OH is 1. The van der Waals surface area contributed by atoms with Gasteiger partial charge in [-0.2, -0.15) is 0 Å². The average molecular weight is 240 g/mol. The molecule has 0 atom stereocenters. The summed E-state index contributed by atoms with van der Waals surface area (Å²) >= 11 is 0. The molecule has 0 aliphatic rings. The Morgan fingerprint density at radius 1 is 1.00 bits per heavy atom. The second-order valence-corrected chi connectivity index (χ2v) is 4.06. The number of halogens is 1. The van der Waals surface area contributed by atoms with Gasteiger partial charge in [-0.05, 0) is 54.4 Å². The minimum atomic E-state index is -0.265. The number of hydrogen-bond acceptors (Lipinski definition) is 1. The Morgan fingerprint density at radius 3 is 2.28 bits per heavy atom. The number of benzene rings is 2. The molecule has 2 rings (SSSR count). The molecule has 0 heterocycles. The minimum Gasteiger partial charge on any atom is -0.392 e. The molecule has 2 aromatic rings. The number of aliphatic hydroxyl groups is 1. The van der Waals surface area contributed by atoms with Crippen molar-refractivity contribution in [2.24, 2.45) is 0 Å². The summed E-state index contributed by atoms with van der Waals surface area (Å²) in [4.78, 5) is 0. The molecule has 0 radical (unpaired) electrons. The van der Waals surface area contributed by atoms with Crippen LogP contribution in [0.2, 0.25) is 0 Å². The Labute approximate surface area is 106 Å². The predicted octanol–water partition coefficient (Wildman–Crippen LogP) is 3.03. The van der Waals surface area contributed by atoms with Crippen molar-refractivity contribution in [2.75, 3.05) is 0 Å². The fourth-order valence-electron chi connectivity index (χ4n) is 1.60. The van der Waals surface area contributed by atoms with Crippen LogP contribution in [0.25, 0.3) is 0 Å². The lowest BCUT2D eigenvalue weighted by Crippen LogP contribution is -1.89. The molecule has 0 aliphatic heterocycles. The topological polar surface area (TPSA) is 20.2 Å². The monoisotopic (exact) mass is 240 g/mol. The summed E-state index contributed by atoms with van der Waals surface area (Å²) in [6, 6.07) is 11.8. The van der Waals surface area contributed by atoms with Crippen molar-refractivity contribution in [3.8, 4) is 11.8 Å². The first-order valence-corrected chi connectivity index (χ1v) is 5.67. The molecule has 0 aromatic heterocycles. The van der Waals surface area contributed by atoms with Gasteiger partial charge in [0.2, 0.25) is 0 Å². The van der Waals surface area contributed by atoms with Gasteiger partial charge in [0, 0.05) is 11.1 Å². The summed E-state index contributed by atoms with van der Waals surface area (Å²) in [6.45, 7) is 1.96. The van der Waals surface area contributed by atoms with Gasteiger partial charge in [-0.15, -0.1) is 0 Å². The summed E-state index contributed by atoms with van der Waals surface area (Å²) < 4.78 is 12.7. The molecule has 0 saturated heterocycles. The molecule has 0 fully saturated rings. The molecular weight excluding hydrogens is 227 g/mol. The van der Waals surface area contributed by atoms with Crippen molar-refractivity contribution in [3.63, 3.8) is 0 Å². The third kappa shape index (κ3) is 2.97. The highest BCUT2D eigenvalue weighted by Crippen LogP contribution is 2.10. The number of aryl methyl sites for hydroxylation is 1. The Morgan fingerprint density at radius 2 is 1.61 bits per heavy atom. The Balaban J connectivity index is 2.27. The molecule has 0 amide bonds. The quantitative estimate of drug-likeness (QED) is 0.760. The van der Waals surface area contributed by atoms with Gasteiger partial charge in [0.05, 0.1) is 6.61 Å². The zero-order chi connectivity index (χ0) is 13.0. The van der Waals surface area contributed by atoms with Gasteiger partial charge in [0.25, 0.3) is 0 Å². The number of rotatable bonds is 1. The molecule has 1 nitrogen and oxygen atoms in total. The second-order valence-electron chi connectivity index (χ2n) is 4.06. The van der Waals surface area contributed by atoms with Crippen molar-refractivity contribution >= 4 is 0 Å². The summed E-state index contributed by atoms with van der Waals surface area (Å²) in [5.74, 6) is 5.69. The van der Waals surface area contributed by atoms with E-state index in [-0.39, 0.29) is 12.4 Å². The van der Waals surface area contributed by atoms with Crippen LogP contribution in [0, 0.1) is 24.6 Å². The molecular formula is C16H13FO. The van der Waals surface area contributed by atoms with Crippen molar-refractivity contribution < 1.29 is 9.50 Å². The maximum absolute atomic E-state index is 12.7. The highest BCUT2D eigenvalue weighted by molar-refractivity contribution is 5.45. The lowest BCUT2D eigenvalue weighted by atomic mass is 10.1. The molecule has 0 aliphatic carbocycles. The van der Waals surface area contributed by atoms with E-state index in [1.165, 1.54) is 12.1 Å². The predicted molar refractivity (Wildman–Crippen MR) is 69.5 cm³/mol. The van der Waals surface area contributed by atoms with Crippen LogP contribution in [0.4, 0.5) is 4.39 Å². The third-order valence-electron chi connectivity index (χ3n) is 2.71. The van der Waals surface area contributed by atoms with Crippen LogP contribution in [-0.2, 0) is 6.61 Å². The highest BCUT2D eigenvalue weighted by Gasteiger charge is 1.97. The zero-order valence-electron chi connectivity index (χ0n) is 10.1. The zero-order valence-corrected chi connectivity index (χ0v) is 10.1. The fourth-order valence-corrected chi connectivity index (χ4v) is 1.60. The molecule has 0 spiro atoms. The summed E-state index contributed by atoms with van der Waals surface area (Å²) in [5.41, 5.74) is 3.53. The van der Waals surface area contributed by atoms with Crippen molar-refractivity contribution in [3.05, 3.63) is 70.5 Å². The molecule has 1 N–H and O–H groups in total. The van der Waals surface area contributed by atoms with Crippen LogP contribution in [0.3, 0.4) is 0 Å². The molecule has 2 heteroatoms. The smallest absolute Gasteiger partial charge is 0.123 e. The van der Waals surface area contributed by atoms with E-state index in [9.17, 15) is 4.39 Å². The lowest BCUT2D eigenvalue weighted by Gasteiger charge is -2.01. The molecule has 0 unspecified atom stereocenters. The highest BCUT2D eigenvalue weighted by atomic mass is 19.1. The van der Waals surface area contributed by atoms with Crippen LogP contribution in [0.5, 0.6) is 0 Å². The third-order valence-corrected chi connectivity index (χ3v) is 2.71. The van der Waals surface area contributed by atoms with E-state index in [2.05, 4.69) is 11.8 Å². The van der Waals surface area contributed by atoms with Gasteiger partial charge < -0.3 is 5.11 Å². The van der Waals surface area contributed by atoms with Crippen LogP contribution < -0.4 is 0 Å². The molecule has 2 aromatic carbocycles. The largest absolute Gasteiger partial charge is 0.392 e. The van der Waals surface area contributed by atoms with Gasteiger partial charge in [-0.25, -0.2) is 4.39 Å². The van der Waals surface area contributed by atoms with Gasteiger partial charge in [0.1, 0.15) is 5.82 Å². The SMILES string of the molecule is Cc1ccc(C#Cc2ccc(F)cc2)cc1CO. The first-order chi connectivity index (χ1) is 8.69. The van der Waals surface area contributed by atoms with E-state index >= 15 is 0 Å². The maximum Gasteiger partial charge on any atom is 0.123 e. The Bertz CT molecular complexity index is 603. The van der Waals surface area contributed by atoms with E-state index in [4.69, 9.17) is 5.11 Å². The minimum absolute atomic E-state index is 0.0118. The van der Waals surface area contributed by atoms with Crippen molar-refractivity contribution in [1.82, 2.24) is 0 Å².